The fourth-order valence-electron chi connectivity index (χ4n) is 4.66. The van der Waals surface area contributed by atoms with E-state index >= 15 is 0 Å². The third-order valence-corrected chi connectivity index (χ3v) is 6.73. The van der Waals surface area contributed by atoms with Crippen molar-refractivity contribution in [1.29, 1.82) is 0 Å². The van der Waals surface area contributed by atoms with Gasteiger partial charge in [-0.05, 0) is 50.7 Å². The summed E-state index contributed by atoms with van der Waals surface area (Å²) in [6.07, 6.45) is 1.94. The minimum Gasteiger partial charge on any atom is -0.382 e. The number of hydrogen-bond acceptors (Lipinski definition) is 6. The van der Waals surface area contributed by atoms with E-state index in [1.165, 1.54) is 6.07 Å². The fourth-order valence-corrected chi connectivity index (χ4v) is 4.93. The number of likely N-dealkylation sites (tertiary alicyclic amines) is 1. The summed E-state index contributed by atoms with van der Waals surface area (Å²) < 4.78 is 40.9. The summed E-state index contributed by atoms with van der Waals surface area (Å²) in [4.78, 5) is 28.0. The van der Waals surface area contributed by atoms with Crippen molar-refractivity contribution in [2.45, 2.75) is 24.9 Å². The van der Waals surface area contributed by atoms with Gasteiger partial charge in [0.2, 0.25) is 0 Å². The number of aromatic nitrogens is 4. The highest BCUT2D eigenvalue weighted by Gasteiger charge is 2.31. The van der Waals surface area contributed by atoms with Crippen LogP contribution < -0.4 is 11.1 Å². The van der Waals surface area contributed by atoms with Crippen LogP contribution in [0.2, 0.25) is 5.02 Å². The van der Waals surface area contributed by atoms with E-state index in [1.54, 1.807) is 18.3 Å². The summed E-state index contributed by atoms with van der Waals surface area (Å²) in [7, 11) is 2.08. The summed E-state index contributed by atoms with van der Waals surface area (Å²) in [6, 6.07) is 6.34. The molecule has 1 fully saturated rings. The van der Waals surface area contributed by atoms with Crippen LogP contribution in [0.4, 0.5) is 24.8 Å². The number of pyridine rings is 1. The van der Waals surface area contributed by atoms with Gasteiger partial charge >= 0.3 is 6.18 Å². The van der Waals surface area contributed by atoms with Crippen LogP contribution in [0.15, 0.2) is 48.9 Å². The monoisotopic (exact) mass is 529 g/mol. The lowest BCUT2D eigenvalue weighted by Gasteiger charge is -2.28. The molecule has 1 atom stereocenters. The highest BCUT2D eigenvalue weighted by molar-refractivity contribution is 6.34. The first-order valence-corrected chi connectivity index (χ1v) is 11.9. The lowest BCUT2D eigenvalue weighted by Crippen LogP contribution is -2.31. The summed E-state index contributed by atoms with van der Waals surface area (Å²) in [6.45, 7) is 1.90. The van der Waals surface area contributed by atoms with Gasteiger partial charge in [-0.25, -0.2) is 15.0 Å². The van der Waals surface area contributed by atoms with Crippen molar-refractivity contribution < 1.29 is 18.0 Å². The lowest BCUT2D eigenvalue weighted by atomic mass is 9.98. The highest BCUT2D eigenvalue weighted by Crippen LogP contribution is 2.35. The maximum absolute atomic E-state index is 13.0. The largest absolute Gasteiger partial charge is 0.416 e. The van der Waals surface area contributed by atoms with Crippen LogP contribution >= 0.6 is 11.6 Å². The molecule has 0 saturated carbocycles. The number of likely N-dealkylation sites (N-methyl/N-ethyl adjacent to an activating group) is 1. The van der Waals surface area contributed by atoms with Gasteiger partial charge in [0.05, 0.1) is 16.1 Å². The van der Waals surface area contributed by atoms with Crippen LogP contribution in [-0.2, 0) is 6.18 Å². The van der Waals surface area contributed by atoms with E-state index in [0.717, 1.165) is 50.1 Å². The SMILES string of the molecule is CN1CCCC(c2nc(-c3ccc(C(=O)Nc4cc(C(F)(F)F)ccn4)c(Cl)c3)c3c(N)nccn23)C1. The van der Waals surface area contributed by atoms with Gasteiger partial charge in [0, 0.05) is 36.6 Å². The average Bonchev–Trinajstić information content (AvgIpc) is 3.25. The van der Waals surface area contributed by atoms with Crippen molar-refractivity contribution in [3.05, 3.63) is 70.9 Å². The van der Waals surface area contributed by atoms with Crippen LogP contribution in [0.1, 0.15) is 40.5 Å². The number of nitrogen functional groups attached to an aromatic ring is 1. The maximum Gasteiger partial charge on any atom is 0.416 e. The van der Waals surface area contributed by atoms with Crippen molar-refractivity contribution in [2.75, 3.05) is 31.2 Å². The molecule has 0 radical (unpaired) electrons. The van der Waals surface area contributed by atoms with E-state index in [-0.39, 0.29) is 22.3 Å². The van der Waals surface area contributed by atoms with Crippen LogP contribution in [0.5, 0.6) is 0 Å². The molecular formula is C25H23ClF3N7O. The number of halogens is 4. The normalized spacial score (nSPS) is 16.7. The second-order valence-corrected chi connectivity index (χ2v) is 9.43. The van der Waals surface area contributed by atoms with Gasteiger partial charge in [0.25, 0.3) is 5.91 Å². The zero-order valence-corrected chi connectivity index (χ0v) is 20.5. The Balaban J connectivity index is 1.47. The van der Waals surface area contributed by atoms with Crippen molar-refractivity contribution in [3.8, 4) is 11.3 Å². The molecule has 8 nitrogen and oxygen atoms in total. The van der Waals surface area contributed by atoms with E-state index in [1.807, 2.05) is 10.6 Å². The van der Waals surface area contributed by atoms with E-state index in [2.05, 4.69) is 27.2 Å². The summed E-state index contributed by atoms with van der Waals surface area (Å²) >= 11 is 6.46. The molecule has 0 bridgehead atoms. The molecule has 4 heterocycles. The number of piperidine rings is 1. The smallest absolute Gasteiger partial charge is 0.382 e. The number of fused-ring (bicyclic) bond motifs is 1. The quantitative estimate of drug-likeness (QED) is 0.381. The van der Waals surface area contributed by atoms with Gasteiger partial charge in [-0.2, -0.15) is 13.2 Å². The van der Waals surface area contributed by atoms with E-state index in [9.17, 15) is 18.0 Å². The Morgan fingerprint density at radius 3 is 2.73 bits per heavy atom. The minimum atomic E-state index is -4.56. The Morgan fingerprint density at radius 2 is 2.00 bits per heavy atom. The molecule has 0 spiro atoms. The highest BCUT2D eigenvalue weighted by atomic mass is 35.5. The second kappa shape index (κ2) is 9.64. The summed E-state index contributed by atoms with van der Waals surface area (Å²) in [5, 5.41) is 2.47. The standard InChI is InChI=1S/C25H23ClF3N7O/c1-35-9-2-3-15(13-35)23-34-20(21-22(30)32-8-10-36(21)23)14-4-5-17(18(26)11-14)24(37)33-19-12-16(6-7-31-19)25(27,28)29/h4-8,10-12,15H,2-3,9,13H2,1H3,(H2,30,32)(H,31,33,37). The van der Waals surface area contributed by atoms with Gasteiger partial charge < -0.3 is 16.0 Å². The van der Waals surface area contributed by atoms with E-state index < -0.39 is 17.6 Å². The van der Waals surface area contributed by atoms with Crippen molar-refractivity contribution in [3.63, 3.8) is 0 Å². The number of rotatable bonds is 4. The number of carbonyl (C=O) groups excluding carboxylic acids is 1. The topological polar surface area (TPSA) is 101 Å². The Bertz CT molecular complexity index is 1490. The first kappa shape index (κ1) is 25.0. The summed E-state index contributed by atoms with van der Waals surface area (Å²) in [5.41, 5.74) is 7.26. The number of alkyl halides is 3. The Labute approximate surface area is 215 Å². The third kappa shape index (κ3) is 4.96. The molecular weight excluding hydrogens is 507 g/mol. The molecule has 3 N–H and O–H groups in total. The molecule has 192 valence electrons. The molecule has 3 aromatic heterocycles. The van der Waals surface area contributed by atoms with Crippen LogP contribution in [0.3, 0.4) is 0 Å². The second-order valence-electron chi connectivity index (χ2n) is 9.03. The number of anilines is 2. The number of imidazole rings is 1. The van der Waals surface area contributed by atoms with E-state index in [0.29, 0.717) is 22.6 Å². The molecule has 1 amide bonds. The number of benzene rings is 1. The van der Waals surface area contributed by atoms with Gasteiger partial charge in [-0.15, -0.1) is 0 Å². The molecule has 1 aliphatic rings. The first-order valence-electron chi connectivity index (χ1n) is 11.6. The van der Waals surface area contributed by atoms with Gasteiger partial charge in [-0.3, -0.25) is 9.20 Å². The van der Waals surface area contributed by atoms with Gasteiger partial charge in [0.15, 0.2) is 0 Å². The molecule has 1 unspecified atom stereocenters. The molecule has 12 heteroatoms. The zero-order chi connectivity index (χ0) is 26.3. The lowest BCUT2D eigenvalue weighted by molar-refractivity contribution is -0.137. The van der Waals surface area contributed by atoms with Gasteiger partial charge in [-0.1, -0.05) is 17.7 Å². The number of amides is 1. The molecule has 0 aliphatic carbocycles. The first-order chi connectivity index (χ1) is 17.6. The van der Waals surface area contributed by atoms with Crippen molar-refractivity contribution in [1.82, 2.24) is 24.3 Å². The fraction of sp³-hybridized carbons (Fsp3) is 0.280. The summed E-state index contributed by atoms with van der Waals surface area (Å²) in [5.74, 6) is 0.474. The van der Waals surface area contributed by atoms with Crippen LogP contribution in [0.25, 0.3) is 16.8 Å². The molecule has 37 heavy (non-hydrogen) atoms. The number of nitrogens with two attached hydrogens (primary N) is 1. The number of nitrogens with zero attached hydrogens (tertiary/aromatic N) is 5. The Morgan fingerprint density at radius 1 is 1.19 bits per heavy atom. The van der Waals surface area contributed by atoms with Crippen LogP contribution in [0, 0.1) is 0 Å². The average molecular weight is 530 g/mol. The third-order valence-electron chi connectivity index (χ3n) is 6.42. The molecule has 4 aromatic rings. The molecule has 1 aromatic carbocycles. The number of hydrogen-bond donors (Lipinski definition) is 2. The van der Waals surface area contributed by atoms with E-state index in [4.69, 9.17) is 22.3 Å². The van der Waals surface area contributed by atoms with Crippen LogP contribution in [-0.4, -0.2) is 50.3 Å². The van der Waals surface area contributed by atoms with Gasteiger partial charge in [0.1, 0.15) is 28.7 Å². The molecule has 1 aliphatic heterocycles. The molecule has 1 saturated heterocycles. The molecule has 5 rings (SSSR count). The maximum atomic E-state index is 13.0. The predicted octanol–water partition coefficient (Wildman–Crippen LogP) is 5.11. The van der Waals surface area contributed by atoms with Crippen molar-refractivity contribution in [2.24, 2.45) is 0 Å². The Kier molecular flexibility index (Phi) is 6.50. The number of carbonyl (C=O) groups is 1. The minimum absolute atomic E-state index is 0.0772. The zero-order valence-electron chi connectivity index (χ0n) is 19.8. The Hall–Kier alpha value is -3.70. The number of nitrogens with one attached hydrogen (secondary N) is 1. The predicted molar refractivity (Wildman–Crippen MR) is 135 cm³/mol. The van der Waals surface area contributed by atoms with Crippen molar-refractivity contribution >= 4 is 34.7 Å².